The lowest BCUT2D eigenvalue weighted by atomic mass is 10.3. The zero-order valence-corrected chi connectivity index (χ0v) is 13.0. The van der Waals surface area contributed by atoms with Gasteiger partial charge < -0.3 is 5.73 Å². The number of rotatable bonds is 3. The SMILES string of the molecule is CC1CCCN1S(=O)(=O)c1cc(S(C)(=O)=O)ccc1N. The maximum Gasteiger partial charge on any atom is 0.245 e. The molecule has 0 aromatic heterocycles. The first-order valence-corrected chi connectivity index (χ1v) is 9.58. The van der Waals surface area contributed by atoms with Crippen LogP contribution in [-0.4, -0.2) is 40.0 Å². The van der Waals surface area contributed by atoms with Crippen LogP contribution < -0.4 is 5.73 Å². The Morgan fingerprint density at radius 1 is 1.25 bits per heavy atom. The third-order valence-electron chi connectivity index (χ3n) is 3.49. The van der Waals surface area contributed by atoms with E-state index in [0.717, 1.165) is 25.2 Å². The van der Waals surface area contributed by atoms with Crippen LogP contribution in [0.15, 0.2) is 28.0 Å². The molecule has 0 amide bonds. The molecule has 0 aliphatic carbocycles. The monoisotopic (exact) mass is 318 g/mol. The van der Waals surface area contributed by atoms with Crippen molar-refractivity contribution in [2.45, 2.75) is 35.6 Å². The van der Waals surface area contributed by atoms with Crippen molar-refractivity contribution >= 4 is 25.5 Å². The minimum Gasteiger partial charge on any atom is -0.398 e. The molecule has 2 N–H and O–H groups in total. The van der Waals surface area contributed by atoms with Crippen molar-refractivity contribution in [2.24, 2.45) is 0 Å². The summed E-state index contributed by atoms with van der Waals surface area (Å²) >= 11 is 0. The Balaban J connectivity index is 2.57. The molecule has 1 fully saturated rings. The third kappa shape index (κ3) is 2.68. The molecule has 20 heavy (non-hydrogen) atoms. The Kier molecular flexibility index (Phi) is 3.83. The van der Waals surface area contributed by atoms with E-state index in [2.05, 4.69) is 0 Å². The van der Waals surface area contributed by atoms with Crippen LogP contribution in [0.5, 0.6) is 0 Å². The topological polar surface area (TPSA) is 97.5 Å². The van der Waals surface area contributed by atoms with E-state index < -0.39 is 19.9 Å². The molecule has 0 saturated carbocycles. The van der Waals surface area contributed by atoms with Gasteiger partial charge in [0, 0.05) is 18.8 Å². The van der Waals surface area contributed by atoms with Crippen LogP contribution in [0.25, 0.3) is 0 Å². The smallest absolute Gasteiger partial charge is 0.245 e. The van der Waals surface area contributed by atoms with Gasteiger partial charge >= 0.3 is 0 Å². The van der Waals surface area contributed by atoms with E-state index in [1.54, 1.807) is 0 Å². The minimum atomic E-state index is -3.76. The highest BCUT2D eigenvalue weighted by Gasteiger charge is 2.34. The van der Waals surface area contributed by atoms with E-state index in [4.69, 9.17) is 5.73 Å². The Morgan fingerprint density at radius 3 is 2.40 bits per heavy atom. The van der Waals surface area contributed by atoms with Gasteiger partial charge in [-0.05, 0) is 38.0 Å². The Hall–Kier alpha value is -1.12. The van der Waals surface area contributed by atoms with Gasteiger partial charge in [-0.25, -0.2) is 16.8 Å². The maximum atomic E-state index is 12.6. The van der Waals surface area contributed by atoms with Gasteiger partial charge in [0.1, 0.15) is 4.90 Å². The summed E-state index contributed by atoms with van der Waals surface area (Å²) in [6.07, 6.45) is 2.63. The second-order valence-corrected chi connectivity index (χ2v) is 8.95. The van der Waals surface area contributed by atoms with Gasteiger partial charge in [-0.3, -0.25) is 0 Å². The highest BCUT2D eigenvalue weighted by Crippen LogP contribution is 2.30. The molecular formula is C12H18N2O4S2. The number of benzene rings is 1. The molecule has 1 saturated heterocycles. The predicted octanol–water partition coefficient (Wildman–Crippen LogP) is 0.845. The second kappa shape index (κ2) is 5.01. The van der Waals surface area contributed by atoms with E-state index in [9.17, 15) is 16.8 Å². The van der Waals surface area contributed by atoms with E-state index in [1.165, 1.54) is 16.4 Å². The Bertz CT molecular complexity index is 726. The first kappa shape index (κ1) is 15.3. The first-order chi connectivity index (χ1) is 9.14. The molecule has 0 bridgehead atoms. The minimum absolute atomic E-state index is 0.0443. The third-order valence-corrected chi connectivity index (χ3v) is 6.67. The molecule has 0 radical (unpaired) electrons. The van der Waals surface area contributed by atoms with Crippen molar-refractivity contribution in [3.8, 4) is 0 Å². The molecule has 112 valence electrons. The number of hydrogen-bond donors (Lipinski definition) is 1. The summed E-state index contributed by atoms with van der Waals surface area (Å²) in [6, 6.07) is 3.69. The van der Waals surface area contributed by atoms with E-state index >= 15 is 0 Å². The van der Waals surface area contributed by atoms with Crippen molar-refractivity contribution in [1.82, 2.24) is 4.31 Å². The molecule has 1 atom stereocenters. The molecule has 1 aliphatic heterocycles. The van der Waals surface area contributed by atoms with Crippen molar-refractivity contribution in [3.63, 3.8) is 0 Å². The number of hydrogen-bond acceptors (Lipinski definition) is 5. The van der Waals surface area contributed by atoms with E-state index in [-0.39, 0.29) is 21.5 Å². The van der Waals surface area contributed by atoms with Gasteiger partial charge in [-0.2, -0.15) is 4.31 Å². The molecule has 1 aliphatic rings. The summed E-state index contributed by atoms with van der Waals surface area (Å²) in [4.78, 5) is -0.175. The standard InChI is InChI=1S/C12H18N2O4S2/c1-9-4-3-7-14(9)20(17,18)12-8-10(19(2,15)16)5-6-11(12)13/h5-6,8-9H,3-4,7,13H2,1-2H3. The summed E-state index contributed by atoms with van der Waals surface area (Å²) in [5, 5.41) is 0. The van der Waals surface area contributed by atoms with Crippen LogP contribution in [0.4, 0.5) is 5.69 Å². The van der Waals surface area contributed by atoms with Crippen molar-refractivity contribution in [2.75, 3.05) is 18.5 Å². The van der Waals surface area contributed by atoms with Crippen LogP contribution in [0.3, 0.4) is 0 Å². The predicted molar refractivity (Wildman–Crippen MR) is 76.6 cm³/mol. The average molecular weight is 318 g/mol. The van der Waals surface area contributed by atoms with Crippen LogP contribution >= 0.6 is 0 Å². The Morgan fingerprint density at radius 2 is 1.90 bits per heavy atom. The number of nitrogen functional groups attached to an aromatic ring is 1. The van der Waals surface area contributed by atoms with Gasteiger partial charge in [0.05, 0.1) is 10.6 Å². The van der Waals surface area contributed by atoms with E-state index in [1.807, 2.05) is 6.92 Å². The summed E-state index contributed by atoms with van der Waals surface area (Å²) in [5.41, 5.74) is 5.80. The zero-order chi connectivity index (χ0) is 15.1. The number of nitrogens with two attached hydrogens (primary N) is 1. The lowest BCUT2D eigenvalue weighted by Gasteiger charge is -2.22. The summed E-state index contributed by atoms with van der Waals surface area (Å²) in [5.74, 6) is 0. The highest BCUT2D eigenvalue weighted by molar-refractivity contribution is 7.91. The fourth-order valence-corrected chi connectivity index (χ4v) is 4.92. The van der Waals surface area contributed by atoms with E-state index in [0.29, 0.717) is 6.54 Å². The average Bonchev–Trinajstić information content (AvgIpc) is 2.75. The van der Waals surface area contributed by atoms with Crippen molar-refractivity contribution < 1.29 is 16.8 Å². The van der Waals surface area contributed by atoms with Gasteiger partial charge in [0.2, 0.25) is 10.0 Å². The molecule has 2 rings (SSSR count). The summed E-state index contributed by atoms with van der Waals surface area (Å²) < 4.78 is 49.7. The Labute approximate surface area is 119 Å². The fraction of sp³-hybridized carbons (Fsp3) is 0.500. The zero-order valence-electron chi connectivity index (χ0n) is 11.4. The second-order valence-electron chi connectivity index (χ2n) is 5.08. The van der Waals surface area contributed by atoms with Crippen molar-refractivity contribution in [3.05, 3.63) is 18.2 Å². The summed E-state index contributed by atoms with van der Waals surface area (Å²) in [7, 11) is -7.24. The first-order valence-electron chi connectivity index (χ1n) is 6.25. The van der Waals surface area contributed by atoms with Crippen molar-refractivity contribution in [1.29, 1.82) is 0 Å². The molecule has 1 heterocycles. The van der Waals surface area contributed by atoms with Gasteiger partial charge in [0.25, 0.3) is 0 Å². The number of sulfone groups is 1. The maximum absolute atomic E-state index is 12.6. The highest BCUT2D eigenvalue weighted by atomic mass is 32.2. The molecule has 1 unspecified atom stereocenters. The number of sulfonamides is 1. The van der Waals surface area contributed by atoms with Crippen LogP contribution in [-0.2, 0) is 19.9 Å². The van der Waals surface area contributed by atoms with Crippen LogP contribution in [0.2, 0.25) is 0 Å². The number of nitrogens with zero attached hydrogens (tertiary/aromatic N) is 1. The lowest BCUT2D eigenvalue weighted by molar-refractivity contribution is 0.408. The van der Waals surface area contributed by atoms with Crippen LogP contribution in [0.1, 0.15) is 19.8 Å². The molecular weight excluding hydrogens is 300 g/mol. The quantitative estimate of drug-likeness (QED) is 0.833. The molecule has 8 heteroatoms. The molecule has 1 aromatic carbocycles. The number of anilines is 1. The van der Waals surface area contributed by atoms with Gasteiger partial charge in [-0.1, -0.05) is 0 Å². The molecule has 1 aromatic rings. The molecule has 0 spiro atoms. The molecule has 6 nitrogen and oxygen atoms in total. The van der Waals surface area contributed by atoms with Crippen LogP contribution in [0, 0.1) is 0 Å². The normalized spacial score (nSPS) is 21.2. The lowest BCUT2D eigenvalue weighted by Crippen LogP contribution is -2.34. The van der Waals surface area contributed by atoms with Gasteiger partial charge in [0.15, 0.2) is 9.84 Å². The largest absolute Gasteiger partial charge is 0.398 e. The summed E-state index contributed by atoms with van der Waals surface area (Å²) in [6.45, 7) is 2.27. The van der Waals surface area contributed by atoms with Gasteiger partial charge in [-0.15, -0.1) is 0 Å². The fourth-order valence-electron chi connectivity index (χ4n) is 2.36.